The maximum absolute atomic E-state index is 11.8. The Morgan fingerprint density at radius 1 is 1.23 bits per heavy atom. The van der Waals surface area contributed by atoms with Crippen LogP contribution in [-0.4, -0.2) is 40.0 Å². The van der Waals surface area contributed by atoms with Crippen molar-refractivity contribution in [2.45, 2.75) is 37.9 Å². The summed E-state index contributed by atoms with van der Waals surface area (Å²) in [5.41, 5.74) is 9.37. The predicted octanol–water partition coefficient (Wildman–Crippen LogP) is 0.852. The van der Waals surface area contributed by atoms with Gasteiger partial charge in [0.25, 0.3) is 0 Å². The van der Waals surface area contributed by atoms with Crippen LogP contribution >= 0.6 is 0 Å². The van der Waals surface area contributed by atoms with Gasteiger partial charge in [-0.2, -0.15) is 4.72 Å². The molecule has 5 N–H and O–H groups in total. The Morgan fingerprint density at radius 3 is 2.54 bits per heavy atom. The molecule has 8 heteroatoms. The lowest BCUT2D eigenvalue weighted by molar-refractivity contribution is 0.1000. The first-order chi connectivity index (χ1) is 12.3. The fourth-order valence-electron chi connectivity index (χ4n) is 3.58. The lowest BCUT2D eigenvalue weighted by atomic mass is 9.87. The minimum absolute atomic E-state index is 0.178. The van der Waals surface area contributed by atoms with Crippen molar-refractivity contribution in [2.75, 3.05) is 19.3 Å². The second kappa shape index (κ2) is 7.87. The molecule has 0 unspecified atom stereocenters. The van der Waals surface area contributed by atoms with Crippen LogP contribution in [0, 0.1) is 0 Å². The topological polar surface area (TPSA) is 113 Å². The number of primary amides is 1. The number of carbonyl (C=O) groups excluding carboxylic acids is 1. The molecule has 1 aromatic carbocycles. The molecule has 3 rings (SSSR count). The van der Waals surface area contributed by atoms with E-state index >= 15 is 0 Å². The molecular weight excluding hydrogens is 352 g/mol. The minimum atomic E-state index is -3.28. The molecule has 1 saturated heterocycles. The Labute approximate surface area is 154 Å². The van der Waals surface area contributed by atoms with Crippen molar-refractivity contribution in [1.29, 1.82) is 0 Å². The number of nitrogens with one attached hydrogen (secondary N) is 3. The van der Waals surface area contributed by atoms with Gasteiger partial charge in [-0.25, -0.2) is 8.42 Å². The van der Waals surface area contributed by atoms with Gasteiger partial charge in [-0.3, -0.25) is 15.4 Å². The molecule has 142 valence electrons. The highest BCUT2D eigenvalue weighted by Crippen LogP contribution is 2.31. The third-order valence-corrected chi connectivity index (χ3v) is 5.55. The zero-order chi connectivity index (χ0) is 18.7. The molecule has 1 amide bonds. The number of benzene rings is 1. The normalized spacial score (nSPS) is 24.1. The van der Waals surface area contributed by atoms with Crippen molar-refractivity contribution < 1.29 is 13.2 Å². The Hall–Kier alpha value is -1.74. The van der Waals surface area contributed by atoms with Crippen molar-refractivity contribution in [2.24, 2.45) is 5.73 Å². The van der Waals surface area contributed by atoms with Gasteiger partial charge in [-0.05, 0) is 48.4 Å². The van der Waals surface area contributed by atoms with Crippen LogP contribution in [0.25, 0.3) is 5.57 Å². The number of amides is 1. The van der Waals surface area contributed by atoms with E-state index in [1.807, 2.05) is 12.1 Å². The summed E-state index contributed by atoms with van der Waals surface area (Å²) >= 11 is 0. The second-order valence-electron chi connectivity index (χ2n) is 6.98. The summed E-state index contributed by atoms with van der Waals surface area (Å²) in [5, 5.41) is 6.31. The number of sulfonamides is 1. The maximum atomic E-state index is 11.8. The number of nitrogens with two attached hydrogens (primary N) is 1. The van der Waals surface area contributed by atoms with E-state index in [1.165, 1.54) is 12.0 Å². The highest BCUT2D eigenvalue weighted by molar-refractivity contribution is 7.88. The third kappa shape index (κ3) is 4.70. The van der Waals surface area contributed by atoms with Gasteiger partial charge >= 0.3 is 0 Å². The zero-order valence-electron chi connectivity index (χ0n) is 14.9. The molecule has 1 aliphatic carbocycles. The molecule has 0 radical (unpaired) electrons. The van der Waals surface area contributed by atoms with E-state index in [4.69, 9.17) is 5.73 Å². The van der Waals surface area contributed by atoms with Gasteiger partial charge < -0.3 is 5.73 Å². The van der Waals surface area contributed by atoms with Crippen LogP contribution in [-0.2, 0) is 10.0 Å². The largest absolute Gasteiger partial charge is 0.366 e. The average Bonchev–Trinajstić information content (AvgIpc) is 2.61. The number of hydrogen-bond acceptors (Lipinski definition) is 5. The molecule has 1 aromatic rings. The van der Waals surface area contributed by atoms with Gasteiger partial charge in [0.05, 0.1) is 6.26 Å². The van der Waals surface area contributed by atoms with E-state index in [-0.39, 0.29) is 5.92 Å². The molecular formula is C18H26N4O3S. The molecule has 2 aliphatic rings. The molecule has 1 fully saturated rings. The third-order valence-electron chi connectivity index (χ3n) is 4.89. The van der Waals surface area contributed by atoms with E-state index in [1.54, 1.807) is 0 Å². The van der Waals surface area contributed by atoms with Crippen LogP contribution in [0.15, 0.2) is 24.3 Å². The summed E-state index contributed by atoms with van der Waals surface area (Å²) in [5.74, 6) is -0.229. The van der Waals surface area contributed by atoms with Gasteiger partial charge in [-0.15, -0.1) is 0 Å². The quantitative estimate of drug-likeness (QED) is 0.607. The molecule has 0 spiro atoms. The number of allylic oxidation sites excluding steroid dienone is 2. The second-order valence-corrected chi connectivity index (χ2v) is 8.76. The summed E-state index contributed by atoms with van der Waals surface area (Å²) in [4.78, 5) is 11.8. The highest BCUT2D eigenvalue weighted by Gasteiger charge is 2.24. The highest BCUT2D eigenvalue weighted by atomic mass is 32.2. The van der Waals surface area contributed by atoms with Crippen LogP contribution in [0.5, 0.6) is 0 Å². The Bertz CT molecular complexity index is 812. The number of carbonyl (C=O) groups is 1. The summed E-state index contributed by atoms with van der Waals surface area (Å²) in [7, 11) is -3.28. The van der Waals surface area contributed by atoms with E-state index < -0.39 is 22.2 Å². The molecule has 0 aromatic heterocycles. The molecule has 7 nitrogen and oxygen atoms in total. The Morgan fingerprint density at radius 2 is 1.96 bits per heavy atom. The van der Waals surface area contributed by atoms with Crippen molar-refractivity contribution in [1.82, 2.24) is 15.4 Å². The van der Waals surface area contributed by atoms with Crippen molar-refractivity contribution >= 4 is 21.5 Å². The predicted molar refractivity (Wildman–Crippen MR) is 102 cm³/mol. The zero-order valence-corrected chi connectivity index (χ0v) is 15.7. The standard InChI is InChI=1S/C18H26N4O3S/c1-26(24,25)22-18-20-10-14(11-21-18)13-7-8-15(17(19)23)16(9-13)12-5-3-2-4-6-12/h5,7-9,14,18,20-22H,2-4,6,10-11H2,1H3,(H2,19,23). The maximum Gasteiger partial charge on any atom is 0.249 e. The smallest absolute Gasteiger partial charge is 0.249 e. The molecule has 26 heavy (non-hydrogen) atoms. The summed E-state index contributed by atoms with van der Waals surface area (Å²) < 4.78 is 25.2. The Balaban J connectivity index is 1.79. The first-order valence-corrected chi connectivity index (χ1v) is 10.8. The SMILES string of the molecule is CS(=O)(=O)NC1NCC(c2ccc(C(N)=O)c(C3=CCCCC3)c2)CN1. The van der Waals surface area contributed by atoms with Gasteiger partial charge in [0.1, 0.15) is 6.29 Å². The molecule has 0 atom stereocenters. The van der Waals surface area contributed by atoms with E-state index in [2.05, 4.69) is 27.5 Å². The van der Waals surface area contributed by atoms with Crippen LogP contribution in [0.2, 0.25) is 0 Å². The minimum Gasteiger partial charge on any atom is -0.366 e. The van der Waals surface area contributed by atoms with Gasteiger partial charge in [-0.1, -0.05) is 18.2 Å². The average molecular weight is 378 g/mol. The van der Waals surface area contributed by atoms with Gasteiger partial charge in [0.2, 0.25) is 15.9 Å². The van der Waals surface area contributed by atoms with E-state index in [9.17, 15) is 13.2 Å². The van der Waals surface area contributed by atoms with Gasteiger partial charge in [0.15, 0.2) is 0 Å². The van der Waals surface area contributed by atoms with Crippen molar-refractivity contribution in [3.8, 4) is 0 Å². The number of rotatable bonds is 5. The van der Waals surface area contributed by atoms with Gasteiger partial charge in [0, 0.05) is 24.6 Å². The first kappa shape index (κ1) is 19.0. The Kier molecular flexibility index (Phi) is 5.76. The number of hydrogen-bond donors (Lipinski definition) is 4. The molecule has 1 heterocycles. The fraction of sp³-hybridized carbons (Fsp3) is 0.500. The van der Waals surface area contributed by atoms with Crippen LogP contribution in [0.1, 0.15) is 53.1 Å². The molecule has 1 aliphatic heterocycles. The van der Waals surface area contributed by atoms with Crippen molar-refractivity contribution in [3.63, 3.8) is 0 Å². The summed E-state index contributed by atoms with van der Waals surface area (Å²) in [6, 6.07) is 5.81. The van der Waals surface area contributed by atoms with E-state index in [0.29, 0.717) is 18.7 Å². The lowest BCUT2D eigenvalue weighted by Crippen LogP contribution is -2.60. The van der Waals surface area contributed by atoms with Crippen molar-refractivity contribution in [3.05, 3.63) is 41.0 Å². The first-order valence-electron chi connectivity index (χ1n) is 8.91. The summed E-state index contributed by atoms with van der Waals surface area (Å²) in [6.07, 6.45) is 7.17. The lowest BCUT2D eigenvalue weighted by Gasteiger charge is -2.31. The molecule has 0 bridgehead atoms. The monoisotopic (exact) mass is 378 g/mol. The van der Waals surface area contributed by atoms with Crippen LogP contribution in [0.4, 0.5) is 0 Å². The van der Waals surface area contributed by atoms with Crippen LogP contribution in [0.3, 0.4) is 0 Å². The van der Waals surface area contributed by atoms with Crippen LogP contribution < -0.4 is 21.1 Å². The molecule has 0 saturated carbocycles. The fourth-order valence-corrected chi connectivity index (χ4v) is 4.17. The van der Waals surface area contributed by atoms with E-state index in [0.717, 1.165) is 36.6 Å². The summed E-state index contributed by atoms with van der Waals surface area (Å²) in [6.45, 7) is 1.27.